The minimum atomic E-state index is -3.30. The van der Waals surface area contributed by atoms with Gasteiger partial charge in [-0.25, -0.2) is 0 Å². The molecule has 1 aliphatic rings. The fraction of sp³-hybridized carbons (Fsp3) is 0.400. The van der Waals surface area contributed by atoms with Gasteiger partial charge >= 0.3 is 10.2 Å². The van der Waals surface area contributed by atoms with Crippen LogP contribution in [0, 0.1) is 6.92 Å². The van der Waals surface area contributed by atoms with Crippen molar-refractivity contribution in [2.75, 3.05) is 24.4 Å². The molecule has 0 saturated carbocycles. The Morgan fingerprint density at radius 2 is 2.00 bits per heavy atom. The highest BCUT2D eigenvalue weighted by molar-refractivity contribution is 9.10. The highest BCUT2D eigenvalue weighted by Gasteiger charge is 2.33. The molecular weight excluding hydrogens is 292 g/mol. The molecule has 1 heterocycles. The van der Waals surface area contributed by atoms with Crippen molar-refractivity contribution in [2.24, 2.45) is 0 Å². The van der Waals surface area contributed by atoms with E-state index in [2.05, 4.69) is 15.9 Å². The van der Waals surface area contributed by atoms with E-state index in [0.717, 1.165) is 10.0 Å². The molecule has 0 unspecified atom stereocenters. The van der Waals surface area contributed by atoms with Gasteiger partial charge in [-0.3, -0.25) is 4.31 Å². The zero-order chi connectivity index (χ0) is 11.9. The number of hydrogen-bond acceptors (Lipinski definition) is 2. The van der Waals surface area contributed by atoms with Gasteiger partial charge < -0.3 is 0 Å². The van der Waals surface area contributed by atoms with Crippen LogP contribution >= 0.6 is 15.9 Å². The monoisotopic (exact) mass is 304 g/mol. The van der Waals surface area contributed by atoms with Gasteiger partial charge in [0.2, 0.25) is 0 Å². The molecule has 0 bridgehead atoms. The van der Waals surface area contributed by atoms with Crippen molar-refractivity contribution in [2.45, 2.75) is 6.92 Å². The molecule has 1 aromatic rings. The van der Waals surface area contributed by atoms with E-state index in [1.54, 1.807) is 7.05 Å². The Morgan fingerprint density at radius 3 is 2.50 bits per heavy atom. The van der Waals surface area contributed by atoms with Crippen LogP contribution in [0.3, 0.4) is 0 Å². The van der Waals surface area contributed by atoms with E-state index in [1.807, 2.05) is 25.1 Å². The van der Waals surface area contributed by atoms with Gasteiger partial charge in [0.25, 0.3) is 0 Å². The number of benzene rings is 1. The summed E-state index contributed by atoms with van der Waals surface area (Å²) in [4.78, 5) is 0. The lowest BCUT2D eigenvalue weighted by Crippen LogP contribution is -2.30. The van der Waals surface area contributed by atoms with Crippen LogP contribution in [-0.2, 0) is 10.2 Å². The summed E-state index contributed by atoms with van der Waals surface area (Å²) >= 11 is 3.41. The molecule has 6 heteroatoms. The fourth-order valence-electron chi connectivity index (χ4n) is 1.63. The van der Waals surface area contributed by atoms with Crippen LogP contribution in [0.25, 0.3) is 0 Å². The molecule has 1 saturated heterocycles. The third kappa shape index (κ3) is 1.85. The summed E-state index contributed by atoms with van der Waals surface area (Å²) in [5.74, 6) is 0. The fourth-order valence-corrected chi connectivity index (χ4v) is 3.34. The summed E-state index contributed by atoms with van der Waals surface area (Å²) in [6.45, 7) is 3.01. The molecule has 1 aromatic carbocycles. The molecule has 0 amide bonds. The predicted molar refractivity (Wildman–Crippen MR) is 67.8 cm³/mol. The average Bonchev–Trinajstić information content (AvgIpc) is 2.47. The van der Waals surface area contributed by atoms with Crippen molar-refractivity contribution >= 4 is 31.8 Å². The molecule has 0 aromatic heterocycles. The van der Waals surface area contributed by atoms with Crippen LogP contribution in [0.5, 0.6) is 0 Å². The van der Waals surface area contributed by atoms with Gasteiger partial charge in [-0.2, -0.15) is 12.7 Å². The smallest absolute Gasteiger partial charge is 0.256 e. The Balaban J connectivity index is 2.43. The zero-order valence-electron chi connectivity index (χ0n) is 9.14. The molecule has 0 N–H and O–H groups in total. The lowest BCUT2D eigenvalue weighted by atomic mass is 10.2. The van der Waals surface area contributed by atoms with Crippen LogP contribution in [0.2, 0.25) is 0 Å². The zero-order valence-corrected chi connectivity index (χ0v) is 11.5. The van der Waals surface area contributed by atoms with Crippen molar-refractivity contribution in [1.29, 1.82) is 0 Å². The summed E-state index contributed by atoms with van der Waals surface area (Å²) in [5.41, 5.74) is 1.80. The number of aryl methyl sites for hydroxylation is 1. The van der Waals surface area contributed by atoms with Crippen molar-refractivity contribution in [1.82, 2.24) is 4.31 Å². The minimum Gasteiger partial charge on any atom is -0.256 e. The molecule has 16 heavy (non-hydrogen) atoms. The highest BCUT2D eigenvalue weighted by atomic mass is 79.9. The van der Waals surface area contributed by atoms with Crippen LogP contribution in [0.4, 0.5) is 5.69 Å². The van der Waals surface area contributed by atoms with Crippen molar-refractivity contribution < 1.29 is 8.42 Å². The first kappa shape index (κ1) is 11.9. The molecule has 0 aliphatic carbocycles. The Hall–Kier alpha value is -0.590. The summed E-state index contributed by atoms with van der Waals surface area (Å²) in [7, 11) is -1.71. The second-order valence-corrected chi connectivity index (χ2v) is 6.65. The molecule has 0 atom stereocenters. The molecule has 1 fully saturated rings. The van der Waals surface area contributed by atoms with Crippen LogP contribution in [0.15, 0.2) is 22.7 Å². The van der Waals surface area contributed by atoms with Crippen LogP contribution in [-0.4, -0.2) is 32.9 Å². The molecule has 0 radical (unpaired) electrons. The Kier molecular flexibility index (Phi) is 2.98. The topological polar surface area (TPSA) is 40.6 Å². The van der Waals surface area contributed by atoms with Gasteiger partial charge in [-0.15, -0.1) is 0 Å². The van der Waals surface area contributed by atoms with E-state index in [-0.39, 0.29) is 0 Å². The number of rotatable bonds is 1. The number of nitrogens with zero attached hydrogens (tertiary/aromatic N) is 2. The average molecular weight is 305 g/mol. The molecule has 2 rings (SSSR count). The first-order valence-corrected chi connectivity index (χ1v) is 7.12. The third-order valence-corrected chi connectivity index (χ3v) is 5.51. The minimum absolute atomic E-state index is 0.508. The van der Waals surface area contributed by atoms with Crippen LogP contribution in [0.1, 0.15) is 5.56 Å². The molecular formula is C10H13BrN2O2S. The summed E-state index contributed by atoms with van der Waals surface area (Å²) < 4.78 is 27.6. The van der Waals surface area contributed by atoms with Gasteiger partial charge in [0.15, 0.2) is 0 Å². The van der Waals surface area contributed by atoms with Gasteiger partial charge in [0.1, 0.15) is 0 Å². The quantitative estimate of drug-likeness (QED) is 0.793. The van der Waals surface area contributed by atoms with Crippen molar-refractivity contribution in [3.63, 3.8) is 0 Å². The van der Waals surface area contributed by atoms with Crippen molar-refractivity contribution in [3.05, 3.63) is 28.2 Å². The summed E-state index contributed by atoms with van der Waals surface area (Å²) in [5, 5.41) is 0. The summed E-state index contributed by atoms with van der Waals surface area (Å²) in [6.07, 6.45) is 0. The number of hydrogen-bond donors (Lipinski definition) is 0. The Labute approximate surface area is 104 Å². The van der Waals surface area contributed by atoms with Crippen LogP contribution < -0.4 is 4.31 Å². The number of likely N-dealkylation sites (N-methyl/N-ethyl adjacent to an activating group) is 1. The van der Waals surface area contributed by atoms with Gasteiger partial charge in [-0.1, -0.05) is 22.0 Å². The Bertz CT molecular complexity index is 516. The van der Waals surface area contributed by atoms with Gasteiger partial charge in [0.05, 0.1) is 5.69 Å². The normalized spacial score (nSPS) is 20.3. The largest absolute Gasteiger partial charge is 0.303 e. The third-order valence-electron chi connectivity index (χ3n) is 2.73. The molecule has 1 aliphatic heterocycles. The lowest BCUT2D eigenvalue weighted by Gasteiger charge is -2.18. The van der Waals surface area contributed by atoms with E-state index in [1.165, 1.54) is 8.61 Å². The SMILES string of the molecule is Cc1ccc(N2CCN(C)S2(=O)=O)cc1Br. The standard InChI is InChI=1S/C10H13BrN2O2S/c1-8-3-4-9(7-10(8)11)13-6-5-12(2)16(13,14)15/h3-4,7H,5-6H2,1-2H3. The van der Waals surface area contributed by atoms with Gasteiger partial charge in [-0.05, 0) is 24.6 Å². The van der Waals surface area contributed by atoms with E-state index in [0.29, 0.717) is 18.8 Å². The number of anilines is 1. The maximum Gasteiger partial charge on any atom is 0.303 e. The Morgan fingerprint density at radius 1 is 1.31 bits per heavy atom. The molecule has 0 spiro atoms. The first-order valence-electron chi connectivity index (χ1n) is 4.93. The van der Waals surface area contributed by atoms with E-state index in [4.69, 9.17) is 0 Å². The van der Waals surface area contributed by atoms with E-state index in [9.17, 15) is 8.42 Å². The second-order valence-electron chi connectivity index (χ2n) is 3.83. The van der Waals surface area contributed by atoms with Crippen molar-refractivity contribution in [3.8, 4) is 0 Å². The first-order chi connectivity index (χ1) is 7.43. The molecule has 88 valence electrons. The number of halogens is 1. The molecule has 4 nitrogen and oxygen atoms in total. The van der Waals surface area contributed by atoms with E-state index < -0.39 is 10.2 Å². The predicted octanol–water partition coefficient (Wildman–Crippen LogP) is 1.75. The summed E-state index contributed by atoms with van der Waals surface area (Å²) in [6, 6.07) is 5.58. The maximum absolute atomic E-state index is 11.9. The maximum atomic E-state index is 11.9. The van der Waals surface area contributed by atoms with Gasteiger partial charge in [0, 0.05) is 24.6 Å². The highest BCUT2D eigenvalue weighted by Crippen LogP contribution is 2.28. The van der Waals surface area contributed by atoms with E-state index >= 15 is 0 Å². The second kappa shape index (κ2) is 4.01. The lowest BCUT2D eigenvalue weighted by molar-refractivity contribution is 0.511.